The average molecular weight is 475 g/mol. The Hall–Kier alpha value is -2.72. The van der Waals surface area contributed by atoms with E-state index in [1.165, 1.54) is 18.7 Å². The van der Waals surface area contributed by atoms with Crippen LogP contribution in [0.2, 0.25) is 0 Å². The molecule has 0 saturated heterocycles. The minimum atomic E-state index is -0.126. The van der Waals surface area contributed by atoms with E-state index in [4.69, 9.17) is 0 Å². The lowest BCUT2D eigenvalue weighted by molar-refractivity contribution is 0.604. The maximum Gasteiger partial charge on any atom is 0.123 e. The van der Waals surface area contributed by atoms with Crippen molar-refractivity contribution in [1.82, 2.24) is 5.32 Å². The van der Waals surface area contributed by atoms with Gasteiger partial charge in [0.1, 0.15) is 5.82 Å². The van der Waals surface area contributed by atoms with Crippen molar-refractivity contribution in [2.75, 3.05) is 14.1 Å². The smallest absolute Gasteiger partial charge is 0.123 e. The first-order valence-electron chi connectivity index (χ1n) is 12.0. The van der Waals surface area contributed by atoms with Gasteiger partial charge in [-0.1, -0.05) is 76.3 Å². The fourth-order valence-electron chi connectivity index (χ4n) is 2.57. The molecule has 0 radical (unpaired) electrons. The van der Waals surface area contributed by atoms with Crippen LogP contribution >= 0.6 is 0 Å². The summed E-state index contributed by atoms with van der Waals surface area (Å²) in [6, 6.07) is 4.97. The third-order valence-corrected chi connectivity index (χ3v) is 4.41. The summed E-state index contributed by atoms with van der Waals surface area (Å²) >= 11 is 0. The summed E-state index contributed by atoms with van der Waals surface area (Å²) in [6.45, 7) is 15.4. The van der Waals surface area contributed by atoms with Crippen LogP contribution in [0.5, 0.6) is 0 Å². The van der Waals surface area contributed by atoms with E-state index in [2.05, 4.69) is 31.5 Å². The molecule has 4 heteroatoms. The quantitative estimate of drug-likeness (QED) is 0.351. The zero-order chi connectivity index (χ0) is 26.8. The highest BCUT2D eigenvalue weighted by Gasteiger charge is 1.99. The number of allylic oxidation sites excluding steroid dienone is 10. The Morgan fingerprint density at radius 1 is 1.00 bits per heavy atom. The fraction of sp³-hybridized carbons (Fsp3) is 0.400. The molecule has 0 aromatic heterocycles. The van der Waals surface area contributed by atoms with E-state index < -0.39 is 0 Å². The molecule has 0 aliphatic rings. The van der Waals surface area contributed by atoms with E-state index in [-0.39, 0.29) is 11.6 Å². The molecule has 0 bridgehead atoms. The van der Waals surface area contributed by atoms with Gasteiger partial charge in [-0.15, -0.1) is 0 Å². The maximum absolute atomic E-state index is 13.0. The van der Waals surface area contributed by atoms with Crippen molar-refractivity contribution in [3.63, 3.8) is 0 Å². The summed E-state index contributed by atoms with van der Waals surface area (Å²) in [5.41, 5.74) is 8.95. The molecule has 34 heavy (non-hydrogen) atoms. The second-order valence-corrected chi connectivity index (χ2v) is 6.95. The van der Waals surface area contributed by atoms with Crippen molar-refractivity contribution in [2.45, 2.75) is 67.2 Å². The fourth-order valence-corrected chi connectivity index (χ4v) is 2.57. The van der Waals surface area contributed by atoms with Crippen LogP contribution in [0.4, 0.5) is 8.78 Å². The van der Waals surface area contributed by atoms with Crippen LogP contribution in [-0.2, 0) is 6.42 Å². The lowest BCUT2D eigenvalue weighted by Crippen LogP contribution is -2.07. The number of rotatable bonds is 9. The summed E-state index contributed by atoms with van der Waals surface area (Å²) in [5, 5.41) is 3.12. The molecule has 1 rings (SSSR count). The summed E-state index contributed by atoms with van der Waals surface area (Å²) in [6.07, 6.45) is 18.2. The highest BCUT2D eigenvalue weighted by Crippen LogP contribution is 2.13. The van der Waals surface area contributed by atoms with Crippen molar-refractivity contribution in [1.29, 1.82) is 0 Å². The molecule has 3 N–H and O–H groups in total. The number of hydrogen-bond acceptors (Lipinski definition) is 2. The molecule has 0 unspecified atom stereocenters. The standard InChI is InChI=1S/C14H22FN.C10H13F.C5H8.CH5N/c1-5-8-9-14(16-4)12(6-2)10-11-13(15)7-3;1-3-4-9-7-10(11)6-5-8(9)2;1-3-5-4-2;1-2/h5,8-11,16H,6-7H2,1-4H3;5-7H,3-4H2,1-2H3;3-5H,1H2,2H3;2H2,1H3/b8-5-,12-10+,13-11+,14-9-;;5-4-;. The molecular formula is C30H48F2N2. The summed E-state index contributed by atoms with van der Waals surface area (Å²) in [5.74, 6) is -0.216. The molecule has 0 aliphatic carbocycles. The van der Waals surface area contributed by atoms with Gasteiger partial charge in [-0.05, 0) is 88.1 Å². The molecule has 192 valence electrons. The van der Waals surface area contributed by atoms with Crippen LogP contribution in [0.25, 0.3) is 0 Å². The first-order valence-corrected chi connectivity index (χ1v) is 12.0. The van der Waals surface area contributed by atoms with Crippen LogP contribution < -0.4 is 11.1 Å². The van der Waals surface area contributed by atoms with E-state index in [0.29, 0.717) is 6.42 Å². The second kappa shape index (κ2) is 26.5. The number of aryl methyl sites for hydroxylation is 2. The van der Waals surface area contributed by atoms with Gasteiger partial charge in [0.2, 0.25) is 0 Å². The minimum absolute atomic E-state index is 0.0903. The molecule has 0 fully saturated rings. The minimum Gasteiger partial charge on any atom is -0.388 e. The summed E-state index contributed by atoms with van der Waals surface area (Å²) in [4.78, 5) is 0. The number of hydrogen-bond donors (Lipinski definition) is 2. The van der Waals surface area contributed by atoms with E-state index in [9.17, 15) is 8.78 Å². The van der Waals surface area contributed by atoms with Crippen molar-refractivity contribution >= 4 is 0 Å². The number of nitrogens with one attached hydrogen (secondary N) is 1. The topological polar surface area (TPSA) is 38.0 Å². The van der Waals surface area contributed by atoms with Crippen molar-refractivity contribution in [3.05, 3.63) is 107 Å². The van der Waals surface area contributed by atoms with Gasteiger partial charge in [0, 0.05) is 12.7 Å². The predicted molar refractivity (Wildman–Crippen MR) is 150 cm³/mol. The molecule has 0 saturated carbocycles. The van der Waals surface area contributed by atoms with Gasteiger partial charge in [0.25, 0.3) is 0 Å². The number of nitrogens with two attached hydrogens (primary N) is 1. The first-order chi connectivity index (χ1) is 16.3. The third-order valence-electron chi connectivity index (χ3n) is 4.41. The van der Waals surface area contributed by atoms with Gasteiger partial charge in [-0.25, -0.2) is 8.78 Å². The third kappa shape index (κ3) is 19.9. The van der Waals surface area contributed by atoms with Crippen LogP contribution in [0.1, 0.15) is 65.0 Å². The molecule has 1 aromatic carbocycles. The Balaban J connectivity index is -0.000000459. The normalized spacial score (nSPS) is 11.7. The van der Waals surface area contributed by atoms with E-state index in [1.54, 1.807) is 25.1 Å². The summed E-state index contributed by atoms with van der Waals surface area (Å²) < 4.78 is 25.7. The molecule has 0 aliphatic heterocycles. The molecule has 1 aromatic rings. The lowest BCUT2D eigenvalue weighted by atomic mass is 10.0. The monoisotopic (exact) mass is 474 g/mol. The van der Waals surface area contributed by atoms with Gasteiger partial charge in [-0.2, -0.15) is 0 Å². The number of likely N-dealkylation sites (N-methyl/N-ethyl adjacent to an activating group) is 1. The predicted octanol–water partition coefficient (Wildman–Crippen LogP) is 8.68. The zero-order valence-corrected chi connectivity index (χ0v) is 22.7. The van der Waals surface area contributed by atoms with Crippen molar-refractivity contribution < 1.29 is 8.78 Å². The first kappa shape index (κ1) is 35.9. The molecule has 0 heterocycles. The molecule has 0 amide bonds. The zero-order valence-electron chi connectivity index (χ0n) is 22.7. The highest BCUT2D eigenvalue weighted by atomic mass is 19.1. The summed E-state index contributed by atoms with van der Waals surface area (Å²) in [7, 11) is 3.37. The Kier molecular flexibility index (Phi) is 28.0. The Morgan fingerprint density at radius 2 is 1.62 bits per heavy atom. The molecule has 0 atom stereocenters. The van der Waals surface area contributed by atoms with Gasteiger partial charge < -0.3 is 11.1 Å². The van der Waals surface area contributed by atoms with Gasteiger partial charge in [0.15, 0.2) is 0 Å². The van der Waals surface area contributed by atoms with Crippen LogP contribution in [0, 0.1) is 12.7 Å². The maximum atomic E-state index is 13.0. The van der Waals surface area contributed by atoms with Crippen molar-refractivity contribution in [2.24, 2.45) is 5.73 Å². The lowest BCUT2D eigenvalue weighted by Gasteiger charge is -2.08. The van der Waals surface area contributed by atoms with Crippen molar-refractivity contribution in [3.8, 4) is 0 Å². The average Bonchev–Trinajstić information content (AvgIpc) is 2.86. The van der Waals surface area contributed by atoms with Crippen LogP contribution in [0.3, 0.4) is 0 Å². The Labute approximate surface area is 208 Å². The largest absolute Gasteiger partial charge is 0.388 e. The van der Waals surface area contributed by atoms with E-state index in [1.807, 2.05) is 70.3 Å². The number of benzene rings is 1. The van der Waals surface area contributed by atoms with E-state index >= 15 is 0 Å². The highest BCUT2D eigenvalue weighted by molar-refractivity contribution is 5.34. The Morgan fingerprint density at radius 3 is 2.03 bits per heavy atom. The SMILES string of the molecule is C=C/C=C\C.CCCc1cc(F)ccc1C.CN.C\C=C/C=C(NC)/C(=C/C=C(/F)CC)CC. The molecule has 2 nitrogen and oxygen atoms in total. The van der Waals surface area contributed by atoms with Crippen LogP contribution in [0.15, 0.2) is 90.5 Å². The van der Waals surface area contributed by atoms with Gasteiger partial charge in [0.05, 0.1) is 5.83 Å². The second-order valence-electron chi connectivity index (χ2n) is 6.95. The molecule has 0 spiro atoms. The Bertz CT molecular complexity index is 785. The molecular weight excluding hydrogens is 426 g/mol. The van der Waals surface area contributed by atoms with E-state index in [0.717, 1.165) is 36.1 Å². The number of halogens is 2. The van der Waals surface area contributed by atoms with Gasteiger partial charge in [-0.3, -0.25) is 0 Å². The van der Waals surface area contributed by atoms with Gasteiger partial charge >= 0.3 is 0 Å². The van der Waals surface area contributed by atoms with Crippen LogP contribution in [-0.4, -0.2) is 14.1 Å².